The van der Waals surface area contributed by atoms with Crippen molar-refractivity contribution in [3.63, 3.8) is 0 Å². The summed E-state index contributed by atoms with van der Waals surface area (Å²) in [6, 6.07) is 7.69. The molecule has 0 radical (unpaired) electrons. The lowest BCUT2D eigenvalue weighted by Crippen LogP contribution is -2.47. The van der Waals surface area contributed by atoms with Crippen molar-refractivity contribution in [2.75, 3.05) is 0 Å². The maximum atomic E-state index is 15.0. The predicted octanol–water partition coefficient (Wildman–Crippen LogP) is 4.05. The number of hydrogen-bond acceptors (Lipinski definition) is 4. The molecule has 3 rings (SSSR count). The second kappa shape index (κ2) is 6.75. The van der Waals surface area contributed by atoms with E-state index >= 15 is 0 Å². The number of thioether (sulfide) groups is 1. The normalized spacial score (nSPS) is 23.1. The Morgan fingerprint density at radius 3 is 2.42 bits per heavy atom. The summed E-state index contributed by atoms with van der Waals surface area (Å²) in [5.41, 5.74) is 0.425. The first-order valence-electron chi connectivity index (χ1n) is 7.86. The number of pyridine rings is 1. The predicted molar refractivity (Wildman–Crippen MR) is 94.5 cm³/mol. The van der Waals surface area contributed by atoms with Crippen LogP contribution in [0, 0.1) is 5.82 Å². The van der Waals surface area contributed by atoms with E-state index in [4.69, 9.17) is 0 Å². The number of amidine groups is 1. The molecule has 1 saturated heterocycles. The van der Waals surface area contributed by atoms with Crippen LogP contribution in [0.15, 0.2) is 53.8 Å². The van der Waals surface area contributed by atoms with Gasteiger partial charge in [-0.05, 0) is 43.7 Å². The number of rotatable bonds is 4. The van der Waals surface area contributed by atoms with E-state index in [1.54, 1.807) is 19.1 Å². The number of benzene rings is 1. The molecule has 2 heterocycles. The number of aliphatic imine (C=N–C) groups is 1. The summed E-state index contributed by atoms with van der Waals surface area (Å²) in [6.07, 6.45) is 2.52. The highest BCUT2D eigenvalue weighted by Crippen LogP contribution is 2.50. The van der Waals surface area contributed by atoms with Gasteiger partial charge in [0.05, 0.1) is 6.04 Å². The summed E-state index contributed by atoms with van der Waals surface area (Å²) in [4.78, 5) is 20.4. The molecule has 4 nitrogen and oxygen atoms in total. The van der Waals surface area contributed by atoms with Crippen molar-refractivity contribution in [1.82, 2.24) is 10.3 Å². The monoisotopic (exact) mass is 379 g/mol. The Kier molecular flexibility index (Phi) is 4.79. The second-order valence-corrected chi connectivity index (χ2v) is 7.47. The minimum Gasteiger partial charge on any atom is -0.304 e. The van der Waals surface area contributed by atoms with Crippen LogP contribution in [0.5, 0.6) is 0 Å². The quantitative estimate of drug-likeness (QED) is 0.872. The number of hydrogen-bond donors (Lipinski definition) is 1. The lowest BCUT2D eigenvalue weighted by molar-refractivity contribution is -0.132. The van der Waals surface area contributed by atoms with Crippen molar-refractivity contribution in [3.8, 4) is 0 Å². The fraction of sp³-hybridized carbons (Fsp3) is 0.278. The van der Waals surface area contributed by atoms with Crippen LogP contribution in [0.4, 0.5) is 13.2 Å². The van der Waals surface area contributed by atoms with E-state index in [0.29, 0.717) is 17.3 Å². The average molecular weight is 379 g/mol. The van der Waals surface area contributed by atoms with Gasteiger partial charge in [0, 0.05) is 18.0 Å². The third-order valence-electron chi connectivity index (χ3n) is 4.26. The van der Waals surface area contributed by atoms with Crippen LogP contribution in [0.25, 0.3) is 0 Å². The van der Waals surface area contributed by atoms with E-state index in [1.807, 2.05) is 0 Å². The number of amides is 1. The number of carbonyl (C=O) groups is 1. The molecule has 1 amide bonds. The lowest BCUT2D eigenvalue weighted by atomic mass is 9.95. The molecule has 2 atom stereocenters. The molecule has 1 aliphatic heterocycles. The van der Waals surface area contributed by atoms with Gasteiger partial charge in [0.25, 0.3) is 5.92 Å². The first-order valence-corrected chi connectivity index (χ1v) is 8.68. The van der Waals surface area contributed by atoms with Crippen molar-refractivity contribution in [1.29, 1.82) is 0 Å². The molecule has 2 aromatic rings. The molecule has 136 valence electrons. The molecule has 1 aliphatic rings. The van der Waals surface area contributed by atoms with Gasteiger partial charge in [0.1, 0.15) is 5.82 Å². The van der Waals surface area contributed by atoms with E-state index in [1.165, 1.54) is 43.6 Å². The zero-order valence-electron chi connectivity index (χ0n) is 14.0. The van der Waals surface area contributed by atoms with Crippen LogP contribution in [-0.4, -0.2) is 20.8 Å². The molecule has 26 heavy (non-hydrogen) atoms. The highest BCUT2D eigenvalue weighted by molar-refractivity contribution is 8.16. The molecule has 1 aromatic heterocycles. The Balaban J connectivity index is 1.86. The topological polar surface area (TPSA) is 54.4 Å². The Hall–Kier alpha value is -2.35. The van der Waals surface area contributed by atoms with Crippen LogP contribution >= 0.6 is 11.8 Å². The lowest BCUT2D eigenvalue weighted by Gasteiger charge is -2.29. The van der Waals surface area contributed by atoms with Crippen LogP contribution in [0.3, 0.4) is 0 Å². The van der Waals surface area contributed by atoms with Gasteiger partial charge in [-0.1, -0.05) is 23.9 Å². The maximum Gasteiger partial charge on any atom is 0.296 e. The maximum absolute atomic E-state index is 15.0. The minimum atomic E-state index is -3.42. The fourth-order valence-corrected chi connectivity index (χ4v) is 3.71. The summed E-state index contributed by atoms with van der Waals surface area (Å²) >= 11 is 0.694. The average Bonchev–Trinajstić information content (AvgIpc) is 2.91. The van der Waals surface area contributed by atoms with Gasteiger partial charge in [0.15, 0.2) is 9.91 Å². The van der Waals surface area contributed by atoms with Gasteiger partial charge in [-0.3, -0.25) is 14.8 Å². The molecule has 0 bridgehead atoms. The molecule has 1 N–H and O–H groups in total. The first-order chi connectivity index (χ1) is 12.2. The van der Waals surface area contributed by atoms with Crippen LogP contribution < -0.4 is 5.32 Å². The number of nitrogens with one attached hydrogen (secondary N) is 1. The van der Waals surface area contributed by atoms with E-state index in [-0.39, 0.29) is 16.5 Å². The molecular weight excluding hydrogens is 363 g/mol. The molecule has 1 unspecified atom stereocenters. The summed E-state index contributed by atoms with van der Waals surface area (Å²) < 4.78 is 40.9. The standard InChI is InChI=1S/C18H16F3N3OS/c1-11(12-3-5-14(19)6-4-12)23-16-24-15(25)17(2,26-16)18(20,21)13-7-9-22-10-8-13/h3-11H,1-2H3,(H,23,24,25)/t11-,17?/m0/s1. The van der Waals surface area contributed by atoms with E-state index in [2.05, 4.69) is 15.3 Å². The number of nitrogens with zero attached hydrogens (tertiary/aromatic N) is 2. The third kappa shape index (κ3) is 3.21. The van der Waals surface area contributed by atoms with Crippen molar-refractivity contribution in [2.45, 2.75) is 30.6 Å². The molecule has 0 spiro atoms. The smallest absolute Gasteiger partial charge is 0.296 e. The molecular formula is C18H16F3N3OS. The van der Waals surface area contributed by atoms with Gasteiger partial charge in [0.2, 0.25) is 5.91 Å². The number of alkyl halides is 2. The Bertz CT molecular complexity index is 843. The highest BCUT2D eigenvalue weighted by atomic mass is 32.2. The largest absolute Gasteiger partial charge is 0.304 e. The van der Waals surface area contributed by atoms with Crippen molar-refractivity contribution in [3.05, 3.63) is 65.7 Å². The SMILES string of the molecule is C[C@H](N=C1NC(=O)C(C)(C(F)(F)c2ccncc2)S1)c1ccc(F)cc1. The van der Waals surface area contributed by atoms with Gasteiger partial charge in [-0.2, -0.15) is 8.78 Å². The molecule has 1 aromatic carbocycles. The van der Waals surface area contributed by atoms with Gasteiger partial charge in [-0.15, -0.1) is 0 Å². The minimum absolute atomic E-state index is 0.114. The summed E-state index contributed by atoms with van der Waals surface area (Å²) in [6.45, 7) is 2.93. The second-order valence-electron chi connectivity index (χ2n) is 6.06. The van der Waals surface area contributed by atoms with Crippen LogP contribution in [0.1, 0.15) is 31.0 Å². The van der Waals surface area contributed by atoms with E-state index < -0.39 is 22.6 Å². The van der Waals surface area contributed by atoms with Gasteiger partial charge >= 0.3 is 0 Å². The summed E-state index contributed by atoms with van der Waals surface area (Å²) in [5, 5.41) is 2.55. The zero-order valence-corrected chi connectivity index (χ0v) is 14.9. The molecule has 0 saturated carbocycles. The number of carbonyl (C=O) groups excluding carboxylic acids is 1. The third-order valence-corrected chi connectivity index (χ3v) is 5.51. The summed E-state index contributed by atoms with van der Waals surface area (Å²) in [7, 11) is 0. The molecule has 8 heteroatoms. The fourth-order valence-electron chi connectivity index (χ4n) is 2.58. The van der Waals surface area contributed by atoms with Gasteiger partial charge in [-0.25, -0.2) is 4.39 Å². The van der Waals surface area contributed by atoms with E-state index in [9.17, 15) is 18.0 Å². The number of aromatic nitrogens is 1. The van der Waals surface area contributed by atoms with Crippen molar-refractivity contribution < 1.29 is 18.0 Å². The number of halogens is 3. The summed E-state index contributed by atoms with van der Waals surface area (Å²) in [5.74, 6) is -4.60. The molecule has 1 fully saturated rings. The van der Waals surface area contributed by atoms with Crippen molar-refractivity contribution in [2.24, 2.45) is 4.99 Å². The van der Waals surface area contributed by atoms with Crippen LogP contribution in [0.2, 0.25) is 0 Å². The van der Waals surface area contributed by atoms with Gasteiger partial charge < -0.3 is 5.32 Å². The zero-order chi connectivity index (χ0) is 18.9. The highest BCUT2D eigenvalue weighted by Gasteiger charge is 2.61. The van der Waals surface area contributed by atoms with Crippen LogP contribution in [-0.2, 0) is 10.7 Å². The molecule has 0 aliphatic carbocycles. The van der Waals surface area contributed by atoms with Crippen molar-refractivity contribution >= 4 is 22.8 Å². The Labute approximate surface area is 152 Å². The van der Waals surface area contributed by atoms with E-state index in [0.717, 1.165) is 0 Å². The Morgan fingerprint density at radius 2 is 1.81 bits per heavy atom. The first kappa shape index (κ1) is 18.4. The Morgan fingerprint density at radius 1 is 1.19 bits per heavy atom.